The maximum atomic E-state index is 4.15. The van der Waals surface area contributed by atoms with Gasteiger partial charge in [0.1, 0.15) is 0 Å². The molecule has 1 aromatic heterocycles. The molecule has 3 heteroatoms. The van der Waals surface area contributed by atoms with Crippen LogP contribution in [0.25, 0.3) is 0 Å². The zero-order valence-corrected chi connectivity index (χ0v) is 8.16. The van der Waals surface area contributed by atoms with Gasteiger partial charge in [-0.15, -0.1) is 0 Å². The Hall–Kier alpha value is -0.860. The van der Waals surface area contributed by atoms with Gasteiger partial charge in [0.25, 0.3) is 0 Å². The lowest BCUT2D eigenvalue weighted by Gasteiger charge is -2.26. The molecule has 0 bridgehead atoms. The van der Waals surface area contributed by atoms with Crippen molar-refractivity contribution in [3.63, 3.8) is 0 Å². The van der Waals surface area contributed by atoms with Crippen LogP contribution in [0, 0.1) is 5.92 Å². The van der Waals surface area contributed by atoms with Crippen LogP contribution in [-0.4, -0.2) is 15.4 Å². The van der Waals surface area contributed by atoms with E-state index in [1.54, 1.807) is 0 Å². The Morgan fingerprint density at radius 2 is 2.15 bits per heavy atom. The smallest absolute Gasteiger partial charge is 0.0855 e. The molecule has 1 aromatic rings. The molecule has 1 aliphatic carbocycles. The highest BCUT2D eigenvalue weighted by molar-refractivity contribution is 5.02. The first-order chi connectivity index (χ1) is 6.40. The summed E-state index contributed by atoms with van der Waals surface area (Å²) in [5, 5.41) is 10.7. The molecule has 0 aliphatic heterocycles. The average molecular weight is 179 g/mol. The minimum atomic E-state index is 0.668. The molecule has 0 amide bonds. The maximum absolute atomic E-state index is 4.15. The summed E-state index contributed by atoms with van der Waals surface area (Å²) in [6, 6.07) is 0. The number of hydrogen-bond acceptors (Lipinski definition) is 2. The fourth-order valence-electron chi connectivity index (χ4n) is 2.27. The van der Waals surface area contributed by atoms with Gasteiger partial charge in [0, 0.05) is 5.92 Å². The monoisotopic (exact) mass is 179 g/mol. The predicted molar refractivity (Wildman–Crippen MR) is 51.4 cm³/mol. The number of H-pyrrole nitrogens is 1. The van der Waals surface area contributed by atoms with Crippen LogP contribution >= 0.6 is 0 Å². The first kappa shape index (κ1) is 8.73. The van der Waals surface area contributed by atoms with Crippen LogP contribution < -0.4 is 0 Å². The largest absolute Gasteiger partial charge is 0.198 e. The van der Waals surface area contributed by atoms with Gasteiger partial charge in [-0.05, 0) is 31.6 Å². The maximum Gasteiger partial charge on any atom is 0.0855 e. The summed E-state index contributed by atoms with van der Waals surface area (Å²) >= 11 is 0. The van der Waals surface area contributed by atoms with E-state index < -0.39 is 0 Å². The normalized spacial score (nSPS) is 29.0. The van der Waals surface area contributed by atoms with Crippen molar-refractivity contribution in [2.24, 2.45) is 5.92 Å². The SMILES string of the molecule is CCC1CCC(c2cn[nH]n2)CC1. The molecule has 1 heterocycles. The van der Waals surface area contributed by atoms with Crippen molar-refractivity contribution in [1.82, 2.24) is 15.4 Å². The van der Waals surface area contributed by atoms with E-state index in [4.69, 9.17) is 0 Å². The minimum Gasteiger partial charge on any atom is -0.198 e. The van der Waals surface area contributed by atoms with E-state index in [1.165, 1.54) is 32.1 Å². The van der Waals surface area contributed by atoms with Crippen molar-refractivity contribution in [2.75, 3.05) is 0 Å². The Labute approximate surface area is 78.9 Å². The zero-order chi connectivity index (χ0) is 9.10. The van der Waals surface area contributed by atoms with E-state index in [1.807, 2.05) is 6.20 Å². The molecule has 0 spiro atoms. The summed E-state index contributed by atoms with van der Waals surface area (Å²) in [5.74, 6) is 1.63. The summed E-state index contributed by atoms with van der Waals surface area (Å²) in [6.07, 6.45) is 8.54. The second-order valence-corrected chi connectivity index (χ2v) is 4.02. The van der Waals surface area contributed by atoms with Crippen molar-refractivity contribution in [3.05, 3.63) is 11.9 Å². The molecule has 0 atom stereocenters. The topological polar surface area (TPSA) is 41.6 Å². The third kappa shape index (κ3) is 1.90. The number of nitrogens with zero attached hydrogens (tertiary/aromatic N) is 2. The lowest BCUT2D eigenvalue weighted by molar-refractivity contribution is 0.315. The average Bonchev–Trinajstić information content (AvgIpc) is 2.71. The summed E-state index contributed by atoms with van der Waals surface area (Å²) < 4.78 is 0. The fraction of sp³-hybridized carbons (Fsp3) is 0.800. The van der Waals surface area contributed by atoms with Gasteiger partial charge < -0.3 is 0 Å². The van der Waals surface area contributed by atoms with E-state index in [0.717, 1.165) is 11.6 Å². The van der Waals surface area contributed by atoms with E-state index in [9.17, 15) is 0 Å². The fourth-order valence-corrected chi connectivity index (χ4v) is 2.27. The van der Waals surface area contributed by atoms with Gasteiger partial charge in [-0.25, -0.2) is 0 Å². The van der Waals surface area contributed by atoms with Gasteiger partial charge in [-0.3, -0.25) is 0 Å². The first-order valence-corrected chi connectivity index (χ1v) is 5.25. The highest BCUT2D eigenvalue weighted by Gasteiger charge is 2.22. The second-order valence-electron chi connectivity index (χ2n) is 4.02. The third-order valence-corrected chi connectivity index (χ3v) is 3.28. The van der Waals surface area contributed by atoms with Crippen LogP contribution in [0.15, 0.2) is 6.20 Å². The van der Waals surface area contributed by atoms with Crippen molar-refractivity contribution in [3.8, 4) is 0 Å². The number of nitrogens with one attached hydrogen (secondary N) is 1. The van der Waals surface area contributed by atoms with E-state index in [0.29, 0.717) is 5.92 Å². The Balaban J connectivity index is 1.92. The van der Waals surface area contributed by atoms with E-state index in [2.05, 4.69) is 22.3 Å². The molecule has 1 aliphatic rings. The van der Waals surface area contributed by atoms with Crippen molar-refractivity contribution in [2.45, 2.75) is 44.9 Å². The third-order valence-electron chi connectivity index (χ3n) is 3.28. The zero-order valence-electron chi connectivity index (χ0n) is 8.16. The molecule has 72 valence electrons. The molecule has 0 radical (unpaired) electrons. The molecular formula is C10H17N3. The van der Waals surface area contributed by atoms with Crippen molar-refractivity contribution < 1.29 is 0 Å². The minimum absolute atomic E-state index is 0.668. The van der Waals surface area contributed by atoms with Gasteiger partial charge in [-0.2, -0.15) is 15.4 Å². The standard InChI is InChI=1S/C10H17N3/c1-2-8-3-5-9(6-4-8)10-7-11-13-12-10/h7-9H,2-6H2,1H3,(H,11,12,13). The molecule has 13 heavy (non-hydrogen) atoms. The predicted octanol–water partition coefficient (Wildman–Crippen LogP) is 2.49. The number of aromatic amines is 1. The van der Waals surface area contributed by atoms with Crippen LogP contribution in [0.3, 0.4) is 0 Å². The number of aromatic nitrogens is 3. The van der Waals surface area contributed by atoms with Gasteiger partial charge in [0.05, 0.1) is 11.9 Å². The molecule has 0 saturated heterocycles. The first-order valence-electron chi connectivity index (χ1n) is 5.25. The molecule has 0 unspecified atom stereocenters. The van der Waals surface area contributed by atoms with Crippen molar-refractivity contribution in [1.29, 1.82) is 0 Å². The van der Waals surface area contributed by atoms with Crippen LogP contribution in [0.4, 0.5) is 0 Å². The van der Waals surface area contributed by atoms with Gasteiger partial charge in [-0.1, -0.05) is 13.3 Å². The van der Waals surface area contributed by atoms with Crippen LogP contribution in [0.5, 0.6) is 0 Å². The molecule has 1 N–H and O–H groups in total. The summed E-state index contributed by atoms with van der Waals surface area (Å²) in [5.41, 5.74) is 1.16. The highest BCUT2D eigenvalue weighted by atomic mass is 15.3. The van der Waals surface area contributed by atoms with E-state index >= 15 is 0 Å². The Bertz CT molecular complexity index is 235. The molecule has 1 saturated carbocycles. The van der Waals surface area contributed by atoms with Crippen molar-refractivity contribution >= 4 is 0 Å². The summed E-state index contributed by atoms with van der Waals surface area (Å²) in [4.78, 5) is 0. The molecular weight excluding hydrogens is 162 g/mol. The van der Waals surface area contributed by atoms with Crippen LogP contribution in [0.2, 0.25) is 0 Å². The van der Waals surface area contributed by atoms with Gasteiger partial charge >= 0.3 is 0 Å². The van der Waals surface area contributed by atoms with E-state index in [-0.39, 0.29) is 0 Å². The lowest BCUT2D eigenvalue weighted by Crippen LogP contribution is -2.12. The lowest BCUT2D eigenvalue weighted by atomic mass is 9.80. The highest BCUT2D eigenvalue weighted by Crippen LogP contribution is 2.35. The van der Waals surface area contributed by atoms with Crippen LogP contribution in [0.1, 0.15) is 50.6 Å². The van der Waals surface area contributed by atoms with Gasteiger partial charge in [0.2, 0.25) is 0 Å². The number of rotatable bonds is 2. The molecule has 2 rings (SSSR count). The Morgan fingerprint density at radius 1 is 1.38 bits per heavy atom. The molecule has 3 nitrogen and oxygen atoms in total. The van der Waals surface area contributed by atoms with Gasteiger partial charge in [0.15, 0.2) is 0 Å². The summed E-state index contributed by atoms with van der Waals surface area (Å²) in [7, 11) is 0. The second kappa shape index (κ2) is 3.90. The Kier molecular flexibility index (Phi) is 2.62. The molecule has 0 aromatic carbocycles. The summed E-state index contributed by atoms with van der Waals surface area (Å²) in [6.45, 7) is 2.29. The molecule has 1 fully saturated rings. The Morgan fingerprint density at radius 3 is 2.69 bits per heavy atom. The quantitative estimate of drug-likeness (QED) is 0.757. The number of hydrogen-bond donors (Lipinski definition) is 1. The van der Waals surface area contributed by atoms with Crippen LogP contribution in [-0.2, 0) is 0 Å².